The van der Waals surface area contributed by atoms with E-state index in [1.807, 2.05) is 0 Å². The Bertz CT molecular complexity index is 182. The zero-order valence-corrected chi connectivity index (χ0v) is 9.97. The van der Waals surface area contributed by atoms with Gasteiger partial charge in [-0.3, -0.25) is 0 Å². The Morgan fingerprint density at radius 3 is 2.50 bits per heavy atom. The first-order chi connectivity index (χ1) is 6.75. The van der Waals surface area contributed by atoms with Crippen molar-refractivity contribution in [3.63, 3.8) is 0 Å². The van der Waals surface area contributed by atoms with Crippen LogP contribution in [0.25, 0.3) is 0 Å². The predicted octanol–water partition coefficient (Wildman–Crippen LogP) is 3.51. The third-order valence-corrected chi connectivity index (χ3v) is 3.20. The lowest BCUT2D eigenvalue weighted by Crippen LogP contribution is -2.32. The number of allylic oxidation sites excluding steroid dienone is 1. The summed E-state index contributed by atoms with van der Waals surface area (Å²) in [4.78, 5) is 0. The molecule has 1 heteroatoms. The summed E-state index contributed by atoms with van der Waals surface area (Å²) in [6.07, 6.45) is 10.7. The fraction of sp³-hybridized carbons (Fsp3) is 0.846. The second-order valence-corrected chi connectivity index (χ2v) is 4.74. The summed E-state index contributed by atoms with van der Waals surface area (Å²) < 4.78 is 0. The molecule has 82 valence electrons. The van der Waals surface area contributed by atoms with Gasteiger partial charge in [0, 0.05) is 6.04 Å². The van der Waals surface area contributed by atoms with Gasteiger partial charge in [0.1, 0.15) is 0 Å². The van der Waals surface area contributed by atoms with Crippen molar-refractivity contribution in [1.29, 1.82) is 0 Å². The van der Waals surface area contributed by atoms with Crippen LogP contribution in [0.2, 0.25) is 0 Å². The quantitative estimate of drug-likeness (QED) is 0.680. The van der Waals surface area contributed by atoms with Crippen LogP contribution in [0.1, 0.15) is 52.4 Å². The highest BCUT2D eigenvalue weighted by Crippen LogP contribution is 2.22. The first-order valence-corrected chi connectivity index (χ1v) is 6.12. The van der Waals surface area contributed by atoms with E-state index in [9.17, 15) is 0 Å². The van der Waals surface area contributed by atoms with Crippen LogP contribution >= 0.6 is 0 Å². The standard InChI is InChI=1S/C13H25N/c1-11(2)13(14-3)12-9-7-5-4-6-8-10-12/h9,11,13-14H,4-8,10H2,1-3H3/b12-9+. The normalized spacial score (nSPS) is 25.0. The molecule has 0 radical (unpaired) electrons. The monoisotopic (exact) mass is 195 g/mol. The van der Waals surface area contributed by atoms with Crippen molar-refractivity contribution in [2.45, 2.75) is 58.4 Å². The number of hydrogen-bond donors (Lipinski definition) is 1. The maximum atomic E-state index is 3.45. The van der Waals surface area contributed by atoms with E-state index >= 15 is 0 Å². The van der Waals surface area contributed by atoms with Gasteiger partial charge >= 0.3 is 0 Å². The second-order valence-electron chi connectivity index (χ2n) is 4.74. The van der Waals surface area contributed by atoms with Crippen molar-refractivity contribution in [2.75, 3.05) is 7.05 Å². The highest BCUT2D eigenvalue weighted by atomic mass is 14.9. The molecule has 0 aromatic carbocycles. The van der Waals surface area contributed by atoms with Crippen LogP contribution in [-0.4, -0.2) is 13.1 Å². The highest BCUT2D eigenvalue weighted by molar-refractivity contribution is 5.12. The molecule has 1 aliphatic carbocycles. The molecule has 0 fully saturated rings. The van der Waals surface area contributed by atoms with Crippen LogP contribution < -0.4 is 5.32 Å². The van der Waals surface area contributed by atoms with Crippen molar-refractivity contribution in [3.8, 4) is 0 Å². The predicted molar refractivity (Wildman–Crippen MR) is 63.5 cm³/mol. The van der Waals surface area contributed by atoms with Gasteiger partial charge in [0.05, 0.1) is 0 Å². The maximum Gasteiger partial charge on any atom is 0.0299 e. The van der Waals surface area contributed by atoms with Gasteiger partial charge in [-0.25, -0.2) is 0 Å². The molecule has 0 aliphatic heterocycles. The molecule has 0 aromatic heterocycles. The molecule has 1 aliphatic rings. The van der Waals surface area contributed by atoms with E-state index in [2.05, 4.69) is 32.3 Å². The van der Waals surface area contributed by atoms with E-state index in [1.54, 1.807) is 5.57 Å². The second kappa shape index (κ2) is 6.23. The van der Waals surface area contributed by atoms with Gasteiger partial charge in [-0.05, 0) is 38.6 Å². The van der Waals surface area contributed by atoms with Gasteiger partial charge in [0.25, 0.3) is 0 Å². The van der Waals surface area contributed by atoms with Crippen LogP contribution in [0, 0.1) is 5.92 Å². The lowest BCUT2D eigenvalue weighted by Gasteiger charge is -2.25. The molecule has 0 amide bonds. The van der Waals surface area contributed by atoms with E-state index in [0.717, 1.165) is 0 Å². The molecule has 1 unspecified atom stereocenters. The van der Waals surface area contributed by atoms with Crippen molar-refractivity contribution in [3.05, 3.63) is 11.6 Å². The zero-order valence-electron chi connectivity index (χ0n) is 9.97. The molecule has 14 heavy (non-hydrogen) atoms. The Balaban J connectivity index is 2.60. The lowest BCUT2D eigenvalue weighted by molar-refractivity contribution is 0.455. The number of likely N-dealkylation sites (N-methyl/N-ethyl adjacent to an activating group) is 1. The first kappa shape index (κ1) is 11.8. The summed E-state index contributed by atoms with van der Waals surface area (Å²) in [6, 6.07) is 0.605. The molecular formula is C13H25N. The Hall–Kier alpha value is -0.300. The first-order valence-electron chi connectivity index (χ1n) is 6.12. The molecule has 0 bridgehead atoms. The van der Waals surface area contributed by atoms with Crippen molar-refractivity contribution in [1.82, 2.24) is 5.32 Å². The summed E-state index contributed by atoms with van der Waals surface area (Å²) in [7, 11) is 2.09. The third kappa shape index (κ3) is 3.45. The third-order valence-electron chi connectivity index (χ3n) is 3.20. The SMILES string of the molecule is CNC(/C1=C/CCCCCC1)C(C)C. The molecule has 0 spiro atoms. The Morgan fingerprint density at radius 2 is 1.86 bits per heavy atom. The topological polar surface area (TPSA) is 12.0 Å². The van der Waals surface area contributed by atoms with Gasteiger partial charge in [-0.15, -0.1) is 0 Å². The molecule has 0 saturated carbocycles. The van der Waals surface area contributed by atoms with E-state index in [-0.39, 0.29) is 0 Å². The van der Waals surface area contributed by atoms with E-state index in [1.165, 1.54) is 38.5 Å². The summed E-state index contributed by atoms with van der Waals surface area (Å²) in [5.41, 5.74) is 1.65. The molecule has 1 nitrogen and oxygen atoms in total. The van der Waals surface area contributed by atoms with Crippen LogP contribution in [0.3, 0.4) is 0 Å². The minimum atomic E-state index is 0.605. The van der Waals surface area contributed by atoms with E-state index in [4.69, 9.17) is 0 Å². The van der Waals surface area contributed by atoms with Gasteiger partial charge in [-0.2, -0.15) is 0 Å². The molecule has 0 aromatic rings. The van der Waals surface area contributed by atoms with Gasteiger partial charge in [0.2, 0.25) is 0 Å². The van der Waals surface area contributed by atoms with Crippen LogP contribution in [-0.2, 0) is 0 Å². The average molecular weight is 195 g/mol. The summed E-state index contributed by atoms with van der Waals surface area (Å²) in [6.45, 7) is 4.61. The number of nitrogens with one attached hydrogen (secondary N) is 1. The average Bonchev–Trinajstić information content (AvgIpc) is 2.08. The molecule has 1 atom stereocenters. The zero-order chi connectivity index (χ0) is 10.4. The maximum absolute atomic E-state index is 3.45. The summed E-state index contributed by atoms with van der Waals surface area (Å²) in [5, 5.41) is 3.45. The highest BCUT2D eigenvalue weighted by Gasteiger charge is 2.16. The van der Waals surface area contributed by atoms with Crippen molar-refractivity contribution >= 4 is 0 Å². The van der Waals surface area contributed by atoms with Crippen LogP contribution in [0.5, 0.6) is 0 Å². The number of rotatable bonds is 3. The minimum absolute atomic E-state index is 0.605. The number of hydrogen-bond acceptors (Lipinski definition) is 1. The Labute approximate surface area is 89.0 Å². The molecule has 0 saturated heterocycles. The Morgan fingerprint density at radius 1 is 1.14 bits per heavy atom. The van der Waals surface area contributed by atoms with Gasteiger partial charge in [-0.1, -0.05) is 38.3 Å². The van der Waals surface area contributed by atoms with Gasteiger partial charge < -0.3 is 5.32 Å². The minimum Gasteiger partial charge on any atom is -0.313 e. The fourth-order valence-electron chi connectivity index (χ4n) is 2.45. The summed E-state index contributed by atoms with van der Waals surface area (Å²) in [5.74, 6) is 0.714. The fourth-order valence-corrected chi connectivity index (χ4v) is 2.45. The van der Waals surface area contributed by atoms with E-state index < -0.39 is 0 Å². The van der Waals surface area contributed by atoms with Crippen LogP contribution in [0.4, 0.5) is 0 Å². The lowest BCUT2D eigenvalue weighted by atomic mass is 9.89. The molecule has 0 heterocycles. The smallest absolute Gasteiger partial charge is 0.0299 e. The van der Waals surface area contributed by atoms with Crippen LogP contribution in [0.15, 0.2) is 11.6 Å². The van der Waals surface area contributed by atoms with E-state index in [0.29, 0.717) is 12.0 Å². The van der Waals surface area contributed by atoms with Crippen molar-refractivity contribution in [2.24, 2.45) is 5.92 Å². The molecular weight excluding hydrogens is 170 g/mol. The summed E-state index contributed by atoms with van der Waals surface area (Å²) >= 11 is 0. The van der Waals surface area contributed by atoms with Gasteiger partial charge in [0.15, 0.2) is 0 Å². The molecule has 1 rings (SSSR count). The van der Waals surface area contributed by atoms with Crippen molar-refractivity contribution < 1.29 is 0 Å². The largest absolute Gasteiger partial charge is 0.313 e. The Kier molecular flexibility index (Phi) is 5.24. The molecule has 1 N–H and O–H groups in total.